The smallest absolute Gasteiger partial charge is 0.338 e. The van der Waals surface area contributed by atoms with Gasteiger partial charge in [0.2, 0.25) is 0 Å². The number of anilines is 1. The normalized spacial score (nSPS) is 25.7. The molecule has 1 aromatic rings. The van der Waals surface area contributed by atoms with Gasteiger partial charge in [-0.05, 0) is 51.0 Å². The second-order valence-corrected chi connectivity index (χ2v) is 5.43. The van der Waals surface area contributed by atoms with Crippen molar-refractivity contribution >= 4 is 11.7 Å². The molecule has 2 rings (SSSR count). The Labute approximate surface area is 126 Å². The monoisotopic (exact) mass is 292 g/mol. The molecule has 0 bridgehead atoms. The number of ether oxygens (including phenoxy) is 2. The Morgan fingerprint density at radius 1 is 1.43 bits per heavy atom. The van der Waals surface area contributed by atoms with E-state index in [9.17, 15) is 4.79 Å². The molecule has 0 aromatic heterocycles. The van der Waals surface area contributed by atoms with E-state index in [1.807, 2.05) is 19.1 Å². The van der Waals surface area contributed by atoms with Gasteiger partial charge in [0, 0.05) is 19.3 Å². The zero-order chi connectivity index (χ0) is 15.5. The average Bonchev–Trinajstić information content (AvgIpc) is 2.50. The second-order valence-electron chi connectivity index (χ2n) is 5.43. The van der Waals surface area contributed by atoms with Gasteiger partial charge in [-0.15, -0.1) is 0 Å². The SMILES string of the molecule is CCOC(=O)c1ccc(N2CCC[C@@H](N)[C@@]2(C)OC)cc1. The molecule has 0 radical (unpaired) electrons. The second kappa shape index (κ2) is 6.45. The molecule has 1 aliphatic heterocycles. The summed E-state index contributed by atoms with van der Waals surface area (Å²) in [6.45, 7) is 5.07. The largest absolute Gasteiger partial charge is 0.462 e. The minimum absolute atomic E-state index is 0.0408. The van der Waals surface area contributed by atoms with Crippen molar-refractivity contribution in [1.82, 2.24) is 0 Å². The maximum Gasteiger partial charge on any atom is 0.338 e. The standard InChI is InChI=1S/C16H24N2O3/c1-4-21-15(19)12-7-9-13(10-8-12)18-11-5-6-14(17)16(18,2)20-3/h7-10,14H,4-6,11,17H2,1-3H3/t14-,16-/m1/s1. The quantitative estimate of drug-likeness (QED) is 0.861. The van der Waals surface area contributed by atoms with Gasteiger partial charge < -0.3 is 20.1 Å². The van der Waals surface area contributed by atoms with E-state index in [2.05, 4.69) is 4.90 Å². The van der Waals surface area contributed by atoms with E-state index in [0.29, 0.717) is 12.2 Å². The summed E-state index contributed by atoms with van der Waals surface area (Å²) in [7, 11) is 1.69. The fourth-order valence-corrected chi connectivity index (χ4v) is 2.80. The number of hydrogen-bond donors (Lipinski definition) is 1. The number of esters is 1. The van der Waals surface area contributed by atoms with Gasteiger partial charge in [0.15, 0.2) is 5.72 Å². The minimum atomic E-state index is -0.524. The lowest BCUT2D eigenvalue weighted by atomic mass is 9.93. The first-order valence-corrected chi connectivity index (χ1v) is 7.38. The van der Waals surface area contributed by atoms with Crippen molar-refractivity contribution in [3.63, 3.8) is 0 Å². The van der Waals surface area contributed by atoms with Gasteiger partial charge >= 0.3 is 5.97 Å². The first kappa shape index (κ1) is 15.8. The van der Waals surface area contributed by atoms with Crippen LogP contribution >= 0.6 is 0 Å². The number of nitrogens with two attached hydrogens (primary N) is 1. The first-order valence-electron chi connectivity index (χ1n) is 7.38. The highest BCUT2D eigenvalue weighted by Gasteiger charge is 2.41. The molecule has 116 valence electrons. The number of rotatable bonds is 4. The summed E-state index contributed by atoms with van der Waals surface area (Å²) in [4.78, 5) is 13.9. The number of carbonyl (C=O) groups is 1. The van der Waals surface area contributed by atoms with Gasteiger partial charge in [-0.1, -0.05) is 0 Å². The summed E-state index contributed by atoms with van der Waals surface area (Å²) in [5.41, 5.74) is 7.26. The first-order chi connectivity index (χ1) is 10.0. The number of benzene rings is 1. The Bertz CT molecular complexity index is 489. The Hall–Kier alpha value is -1.59. The summed E-state index contributed by atoms with van der Waals surface area (Å²) in [6, 6.07) is 7.36. The van der Waals surface area contributed by atoms with Gasteiger partial charge in [0.25, 0.3) is 0 Å². The van der Waals surface area contributed by atoms with Crippen LogP contribution in [0.5, 0.6) is 0 Å². The molecule has 5 heteroatoms. The van der Waals surface area contributed by atoms with Crippen LogP contribution in [-0.4, -0.2) is 38.0 Å². The molecule has 1 heterocycles. The Morgan fingerprint density at radius 2 is 2.10 bits per heavy atom. The van der Waals surface area contributed by atoms with Crippen molar-refractivity contribution in [3.05, 3.63) is 29.8 Å². The lowest BCUT2D eigenvalue weighted by Crippen LogP contribution is -2.62. The van der Waals surface area contributed by atoms with Crippen LogP contribution in [0.3, 0.4) is 0 Å². The van der Waals surface area contributed by atoms with E-state index in [-0.39, 0.29) is 12.0 Å². The third kappa shape index (κ3) is 3.04. The molecule has 1 aromatic carbocycles. The Balaban J connectivity index is 2.23. The van der Waals surface area contributed by atoms with Crippen molar-refractivity contribution in [1.29, 1.82) is 0 Å². The number of hydrogen-bond acceptors (Lipinski definition) is 5. The van der Waals surface area contributed by atoms with Crippen LogP contribution in [-0.2, 0) is 9.47 Å². The van der Waals surface area contributed by atoms with Crippen LogP contribution < -0.4 is 10.6 Å². The number of carbonyl (C=O) groups excluding carboxylic acids is 1. The van der Waals surface area contributed by atoms with Crippen molar-refractivity contribution < 1.29 is 14.3 Å². The number of nitrogens with zero attached hydrogens (tertiary/aromatic N) is 1. The molecule has 0 spiro atoms. The lowest BCUT2D eigenvalue weighted by molar-refractivity contribution is -0.0309. The number of methoxy groups -OCH3 is 1. The Kier molecular flexibility index (Phi) is 4.85. The molecule has 0 aliphatic carbocycles. The van der Waals surface area contributed by atoms with Gasteiger partial charge in [0.1, 0.15) is 0 Å². The van der Waals surface area contributed by atoms with E-state index in [1.165, 1.54) is 0 Å². The maximum absolute atomic E-state index is 11.7. The molecule has 5 nitrogen and oxygen atoms in total. The molecule has 2 N–H and O–H groups in total. The van der Waals surface area contributed by atoms with Crippen molar-refractivity contribution in [2.45, 2.75) is 38.5 Å². The molecule has 1 fully saturated rings. The molecule has 1 saturated heterocycles. The predicted molar refractivity (Wildman–Crippen MR) is 82.4 cm³/mol. The van der Waals surface area contributed by atoms with E-state index >= 15 is 0 Å². The molecule has 0 amide bonds. The van der Waals surface area contributed by atoms with Crippen LogP contribution in [0.15, 0.2) is 24.3 Å². The van der Waals surface area contributed by atoms with Gasteiger partial charge in [0.05, 0.1) is 18.2 Å². The number of piperidine rings is 1. The topological polar surface area (TPSA) is 64.8 Å². The lowest BCUT2D eigenvalue weighted by Gasteiger charge is -2.48. The third-order valence-corrected chi connectivity index (χ3v) is 4.22. The highest BCUT2D eigenvalue weighted by atomic mass is 16.5. The van der Waals surface area contributed by atoms with Crippen LogP contribution in [0.1, 0.15) is 37.0 Å². The van der Waals surface area contributed by atoms with Crippen LogP contribution in [0, 0.1) is 0 Å². The van der Waals surface area contributed by atoms with Gasteiger partial charge in [-0.3, -0.25) is 0 Å². The minimum Gasteiger partial charge on any atom is -0.462 e. The van der Waals surface area contributed by atoms with E-state index in [0.717, 1.165) is 25.1 Å². The molecule has 0 unspecified atom stereocenters. The fourth-order valence-electron chi connectivity index (χ4n) is 2.80. The van der Waals surface area contributed by atoms with Gasteiger partial charge in [-0.2, -0.15) is 0 Å². The van der Waals surface area contributed by atoms with Crippen molar-refractivity contribution in [2.24, 2.45) is 5.73 Å². The third-order valence-electron chi connectivity index (χ3n) is 4.22. The molecule has 0 saturated carbocycles. The van der Waals surface area contributed by atoms with E-state index in [4.69, 9.17) is 15.2 Å². The summed E-state index contributed by atoms with van der Waals surface area (Å²) in [5.74, 6) is -0.297. The average molecular weight is 292 g/mol. The molecule has 2 atom stereocenters. The highest BCUT2D eigenvalue weighted by molar-refractivity contribution is 5.89. The van der Waals surface area contributed by atoms with Gasteiger partial charge in [-0.25, -0.2) is 4.79 Å². The fraction of sp³-hybridized carbons (Fsp3) is 0.562. The molecule has 1 aliphatic rings. The van der Waals surface area contributed by atoms with E-state index in [1.54, 1.807) is 26.2 Å². The summed E-state index contributed by atoms with van der Waals surface area (Å²) < 4.78 is 10.7. The molecular weight excluding hydrogens is 268 g/mol. The van der Waals surface area contributed by atoms with Crippen molar-refractivity contribution in [3.8, 4) is 0 Å². The molecule has 21 heavy (non-hydrogen) atoms. The van der Waals surface area contributed by atoms with Crippen LogP contribution in [0.2, 0.25) is 0 Å². The summed E-state index contributed by atoms with van der Waals surface area (Å²) in [6.07, 6.45) is 1.97. The zero-order valence-corrected chi connectivity index (χ0v) is 13.0. The highest BCUT2D eigenvalue weighted by Crippen LogP contribution is 2.32. The molecular formula is C16H24N2O3. The Morgan fingerprint density at radius 3 is 2.67 bits per heavy atom. The zero-order valence-electron chi connectivity index (χ0n) is 13.0. The van der Waals surface area contributed by atoms with Crippen LogP contribution in [0.4, 0.5) is 5.69 Å². The van der Waals surface area contributed by atoms with E-state index < -0.39 is 5.72 Å². The van der Waals surface area contributed by atoms with Crippen LogP contribution in [0.25, 0.3) is 0 Å². The summed E-state index contributed by atoms with van der Waals surface area (Å²) in [5, 5.41) is 0. The summed E-state index contributed by atoms with van der Waals surface area (Å²) >= 11 is 0. The van der Waals surface area contributed by atoms with Crippen molar-refractivity contribution in [2.75, 3.05) is 25.2 Å². The maximum atomic E-state index is 11.7. The predicted octanol–water partition coefficient (Wildman–Crippen LogP) is 2.15.